The Hall–Kier alpha value is -1.78. The Morgan fingerprint density at radius 1 is 1.32 bits per heavy atom. The van der Waals surface area contributed by atoms with Crippen molar-refractivity contribution in [1.29, 1.82) is 0 Å². The van der Waals surface area contributed by atoms with Crippen LogP contribution in [-0.2, 0) is 0 Å². The first-order chi connectivity index (χ1) is 8.74. The average Bonchev–Trinajstić information content (AvgIpc) is 3.05. The zero-order valence-electron chi connectivity index (χ0n) is 11.8. The number of aromatic carboxylic acids is 1. The minimum atomic E-state index is -1.04. The minimum absolute atomic E-state index is 0.0897. The highest BCUT2D eigenvalue weighted by Gasteiger charge is 2.39. The van der Waals surface area contributed by atoms with E-state index in [2.05, 4.69) is 10.3 Å². The molecule has 0 atom stereocenters. The van der Waals surface area contributed by atoms with Gasteiger partial charge in [-0.3, -0.25) is 4.79 Å². The van der Waals surface area contributed by atoms with Gasteiger partial charge >= 0.3 is 5.97 Å². The molecule has 0 spiro atoms. The van der Waals surface area contributed by atoms with E-state index in [4.69, 9.17) is 5.11 Å². The number of hydrogen-bond acceptors (Lipinski definition) is 2. The van der Waals surface area contributed by atoms with Gasteiger partial charge in [0.25, 0.3) is 5.91 Å². The average molecular weight is 264 g/mol. The molecule has 1 aliphatic rings. The van der Waals surface area contributed by atoms with Crippen molar-refractivity contribution in [3.05, 3.63) is 22.5 Å². The second-order valence-electron chi connectivity index (χ2n) is 5.88. The number of aromatic amines is 1. The van der Waals surface area contributed by atoms with Crippen LogP contribution >= 0.6 is 0 Å². The molecule has 0 aliphatic heterocycles. The fourth-order valence-corrected chi connectivity index (χ4v) is 2.57. The van der Waals surface area contributed by atoms with Crippen molar-refractivity contribution in [2.45, 2.75) is 46.1 Å². The molecule has 1 amide bonds. The number of carbonyl (C=O) groups excluding carboxylic acids is 1. The Labute approximate surface area is 112 Å². The largest absolute Gasteiger partial charge is 0.477 e. The Balaban J connectivity index is 2.26. The van der Waals surface area contributed by atoms with Gasteiger partial charge in [0.2, 0.25) is 0 Å². The van der Waals surface area contributed by atoms with Gasteiger partial charge in [0, 0.05) is 11.2 Å². The highest BCUT2D eigenvalue weighted by Crippen LogP contribution is 2.39. The Morgan fingerprint density at radius 2 is 1.89 bits per heavy atom. The van der Waals surface area contributed by atoms with E-state index >= 15 is 0 Å². The molecule has 3 N–H and O–H groups in total. The zero-order chi connectivity index (χ0) is 14.4. The molecule has 2 rings (SSSR count). The SMILES string of the molecule is Cc1[nH]c(C(=O)O)c(C)c1C(=O)NC(C)(C)C1CC1. The topological polar surface area (TPSA) is 82.2 Å². The summed E-state index contributed by atoms with van der Waals surface area (Å²) in [6, 6.07) is 0. The van der Waals surface area contributed by atoms with Gasteiger partial charge in [0.05, 0.1) is 5.56 Å². The molecular weight excluding hydrogens is 244 g/mol. The molecule has 5 nitrogen and oxygen atoms in total. The molecule has 1 aliphatic carbocycles. The maximum absolute atomic E-state index is 12.3. The third-order valence-electron chi connectivity index (χ3n) is 3.91. The van der Waals surface area contributed by atoms with E-state index in [1.165, 1.54) is 0 Å². The molecule has 104 valence electrons. The highest BCUT2D eigenvalue weighted by atomic mass is 16.4. The van der Waals surface area contributed by atoms with Gasteiger partial charge in [-0.05, 0) is 52.0 Å². The van der Waals surface area contributed by atoms with E-state index in [9.17, 15) is 9.59 Å². The van der Waals surface area contributed by atoms with Crippen LogP contribution in [0.2, 0.25) is 0 Å². The number of amides is 1. The summed E-state index contributed by atoms with van der Waals surface area (Å²) in [5, 5.41) is 12.1. The lowest BCUT2D eigenvalue weighted by Gasteiger charge is -2.26. The number of aromatic nitrogens is 1. The van der Waals surface area contributed by atoms with Crippen molar-refractivity contribution in [1.82, 2.24) is 10.3 Å². The smallest absolute Gasteiger partial charge is 0.352 e. The van der Waals surface area contributed by atoms with E-state index in [-0.39, 0.29) is 17.1 Å². The van der Waals surface area contributed by atoms with Crippen LogP contribution < -0.4 is 5.32 Å². The van der Waals surface area contributed by atoms with E-state index in [0.29, 0.717) is 22.7 Å². The van der Waals surface area contributed by atoms with Gasteiger partial charge in [-0.1, -0.05) is 0 Å². The molecule has 0 unspecified atom stereocenters. The number of hydrogen-bond donors (Lipinski definition) is 3. The number of aryl methyl sites for hydroxylation is 1. The molecule has 5 heteroatoms. The van der Waals surface area contributed by atoms with Crippen molar-refractivity contribution >= 4 is 11.9 Å². The lowest BCUT2D eigenvalue weighted by atomic mass is 9.97. The van der Waals surface area contributed by atoms with Crippen molar-refractivity contribution in [2.24, 2.45) is 5.92 Å². The lowest BCUT2D eigenvalue weighted by Crippen LogP contribution is -2.45. The first-order valence-electron chi connectivity index (χ1n) is 6.49. The van der Waals surface area contributed by atoms with Crippen molar-refractivity contribution in [2.75, 3.05) is 0 Å². The summed E-state index contributed by atoms with van der Waals surface area (Å²) < 4.78 is 0. The van der Waals surface area contributed by atoms with E-state index < -0.39 is 5.97 Å². The molecule has 1 aromatic heterocycles. The summed E-state index contributed by atoms with van der Waals surface area (Å²) in [4.78, 5) is 26.2. The third-order valence-corrected chi connectivity index (χ3v) is 3.91. The monoisotopic (exact) mass is 264 g/mol. The summed E-state index contributed by atoms with van der Waals surface area (Å²) in [6.07, 6.45) is 2.28. The van der Waals surface area contributed by atoms with Crippen LogP contribution in [-0.4, -0.2) is 27.5 Å². The molecule has 0 saturated heterocycles. The summed E-state index contributed by atoms with van der Waals surface area (Å²) in [6.45, 7) is 7.40. The van der Waals surface area contributed by atoms with Gasteiger partial charge in [-0.15, -0.1) is 0 Å². The maximum Gasteiger partial charge on any atom is 0.352 e. The number of carboxylic acid groups (broad SMARTS) is 1. The van der Waals surface area contributed by atoms with Crippen molar-refractivity contribution in [3.63, 3.8) is 0 Å². The normalized spacial score (nSPS) is 15.4. The number of rotatable bonds is 4. The number of H-pyrrole nitrogens is 1. The second kappa shape index (κ2) is 4.40. The van der Waals surface area contributed by atoms with E-state index in [1.807, 2.05) is 13.8 Å². The van der Waals surface area contributed by atoms with Crippen LogP contribution in [0.3, 0.4) is 0 Å². The van der Waals surface area contributed by atoms with Gasteiger partial charge in [0.15, 0.2) is 0 Å². The fraction of sp³-hybridized carbons (Fsp3) is 0.571. The van der Waals surface area contributed by atoms with Gasteiger partial charge in [-0.2, -0.15) is 0 Å². The fourth-order valence-electron chi connectivity index (χ4n) is 2.57. The first kappa shape index (κ1) is 13.6. The predicted molar refractivity (Wildman–Crippen MR) is 71.5 cm³/mol. The van der Waals surface area contributed by atoms with Gasteiger partial charge in [-0.25, -0.2) is 4.79 Å². The zero-order valence-corrected chi connectivity index (χ0v) is 11.8. The van der Waals surface area contributed by atoms with Crippen LogP contribution in [0.4, 0.5) is 0 Å². The molecule has 1 fully saturated rings. The maximum atomic E-state index is 12.3. The Kier molecular flexibility index (Phi) is 3.16. The number of carbonyl (C=O) groups is 2. The van der Waals surface area contributed by atoms with Crippen LogP contribution in [0.25, 0.3) is 0 Å². The molecule has 1 heterocycles. The van der Waals surface area contributed by atoms with Gasteiger partial charge in [0.1, 0.15) is 5.69 Å². The molecule has 1 saturated carbocycles. The van der Waals surface area contributed by atoms with Crippen LogP contribution in [0, 0.1) is 19.8 Å². The summed E-state index contributed by atoms with van der Waals surface area (Å²) >= 11 is 0. The first-order valence-corrected chi connectivity index (χ1v) is 6.49. The molecule has 0 aromatic carbocycles. The van der Waals surface area contributed by atoms with Crippen molar-refractivity contribution < 1.29 is 14.7 Å². The van der Waals surface area contributed by atoms with E-state index in [1.54, 1.807) is 13.8 Å². The standard InChI is InChI=1S/C14H20N2O3/c1-7-10(8(2)15-11(7)13(18)19)12(17)16-14(3,4)9-5-6-9/h9,15H,5-6H2,1-4H3,(H,16,17)(H,18,19). The predicted octanol–water partition coefficient (Wildman–Crippen LogP) is 2.25. The third kappa shape index (κ3) is 2.50. The number of carboxylic acids is 1. The lowest BCUT2D eigenvalue weighted by molar-refractivity contribution is 0.0690. The Morgan fingerprint density at radius 3 is 2.32 bits per heavy atom. The summed E-state index contributed by atoms with van der Waals surface area (Å²) in [7, 11) is 0. The second-order valence-corrected chi connectivity index (χ2v) is 5.88. The summed E-state index contributed by atoms with van der Waals surface area (Å²) in [5.74, 6) is -0.716. The van der Waals surface area contributed by atoms with Gasteiger partial charge < -0.3 is 15.4 Å². The molecule has 0 bridgehead atoms. The van der Waals surface area contributed by atoms with Crippen molar-refractivity contribution in [3.8, 4) is 0 Å². The minimum Gasteiger partial charge on any atom is -0.477 e. The Bertz CT molecular complexity index is 539. The van der Waals surface area contributed by atoms with Crippen LogP contribution in [0.5, 0.6) is 0 Å². The highest BCUT2D eigenvalue weighted by molar-refractivity contribution is 6.01. The van der Waals surface area contributed by atoms with Crippen LogP contribution in [0.1, 0.15) is 58.8 Å². The molecule has 0 radical (unpaired) electrons. The summed E-state index contributed by atoms with van der Waals surface area (Å²) in [5.41, 5.74) is 1.39. The van der Waals surface area contributed by atoms with Crippen LogP contribution in [0.15, 0.2) is 0 Å². The quantitative estimate of drug-likeness (QED) is 0.780. The van der Waals surface area contributed by atoms with E-state index in [0.717, 1.165) is 12.8 Å². The molecule has 19 heavy (non-hydrogen) atoms. The number of nitrogens with one attached hydrogen (secondary N) is 2. The molecule has 1 aromatic rings. The molecular formula is C14H20N2O3.